The summed E-state index contributed by atoms with van der Waals surface area (Å²) in [6.07, 6.45) is 1.23. The Kier molecular flexibility index (Phi) is 3.75. The minimum atomic E-state index is -3.88. The fraction of sp³-hybridized carbons (Fsp3) is 0. The van der Waals surface area contributed by atoms with Gasteiger partial charge in [0.25, 0.3) is 0 Å². The van der Waals surface area contributed by atoms with Gasteiger partial charge in [0, 0.05) is 5.02 Å². The highest BCUT2D eigenvalue weighted by atomic mass is 35.5. The highest BCUT2D eigenvalue weighted by Gasteiger charge is 2.16. The van der Waals surface area contributed by atoms with Crippen LogP contribution < -0.4 is 4.18 Å². The van der Waals surface area contributed by atoms with Gasteiger partial charge in [-0.1, -0.05) is 23.2 Å². The van der Waals surface area contributed by atoms with E-state index in [1.165, 1.54) is 42.6 Å². The predicted octanol–water partition coefficient (Wildman–Crippen LogP) is 3.16. The second kappa shape index (κ2) is 5.14. The molecule has 0 spiro atoms. The van der Waals surface area contributed by atoms with Crippen molar-refractivity contribution < 1.29 is 12.6 Å². The maximum Gasteiger partial charge on any atom is 0.339 e. The Labute approximate surface area is 114 Å². The number of hydrogen-bond donors (Lipinski definition) is 0. The average molecular weight is 304 g/mol. The Morgan fingerprint density at radius 1 is 1.00 bits per heavy atom. The number of benzene rings is 1. The van der Waals surface area contributed by atoms with E-state index in [0.29, 0.717) is 5.02 Å². The van der Waals surface area contributed by atoms with Gasteiger partial charge in [-0.25, -0.2) is 4.98 Å². The highest BCUT2D eigenvalue weighted by Crippen LogP contribution is 2.20. The first kappa shape index (κ1) is 13.1. The molecular formula is C11H7Cl2NO3S. The van der Waals surface area contributed by atoms with Gasteiger partial charge in [0.05, 0.1) is 6.20 Å². The molecule has 0 atom stereocenters. The van der Waals surface area contributed by atoms with Crippen LogP contribution in [0.1, 0.15) is 0 Å². The SMILES string of the molecule is O=S(=O)(Oc1ccc(Cl)nc1)c1ccc(Cl)cc1. The van der Waals surface area contributed by atoms with Gasteiger partial charge in [-0.2, -0.15) is 8.42 Å². The lowest BCUT2D eigenvalue weighted by molar-refractivity contribution is 0.485. The van der Waals surface area contributed by atoms with E-state index in [2.05, 4.69) is 4.98 Å². The molecule has 4 nitrogen and oxygen atoms in total. The van der Waals surface area contributed by atoms with Crippen LogP contribution in [0.25, 0.3) is 0 Å². The first-order chi connectivity index (χ1) is 8.47. The summed E-state index contributed by atoms with van der Waals surface area (Å²) in [5, 5.41) is 0.702. The number of pyridine rings is 1. The zero-order valence-corrected chi connectivity index (χ0v) is 11.2. The molecule has 0 saturated heterocycles. The van der Waals surface area contributed by atoms with Crippen LogP contribution in [0.3, 0.4) is 0 Å². The maximum atomic E-state index is 11.9. The number of rotatable bonds is 3. The number of halogens is 2. The quantitative estimate of drug-likeness (QED) is 0.645. The standard InChI is InChI=1S/C11H7Cl2NO3S/c12-8-1-4-10(5-2-8)18(15,16)17-9-3-6-11(13)14-7-9/h1-7H. The Morgan fingerprint density at radius 2 is 1.67 bits per heavy atom. The van der Waals surface area contributed by atoms with E-state index in [0.717, 1.165) is 0 Å². The van der Waals surface area contributed by atoms with E-state index in [-0.39, 0.29) is 15.8 Å². The average Bonchev–Trinajstić information content (AvgIpc) is 2.32. The largest absolute Gasteiger partial charge is 0.377 e. The van der Waals surface area contributed by atoms with Crippen molar-refractivity contribution in [2.45, 2.75) is 4.90 Å². The van der Waals surface area contributed by atoms with Crippen molar-refractivity contribution in [1.82, 2.24) is 4.98 Å². The normalized spacial score (nSPS) is 11.2. The van der Waals surface area contributed by atoms with Crippen LogP contribution in [0.15, 0.2) is 47.5 Å². The van der Waals surface area contributed by atoms with Crippen molar-refractivity contribution in [3.05, 3.63) is 52.8 Å². The van der Waals surface area contributed by atoms with Crippen LogP contribution in [0.2, 0.25) is 10.2 Å². The van der Waals surface area contributed by atoms with E-state index in [9.17, 15) is 8.42 Å². The van der Waals surface area contributed by atoms with Gasteiger partial charge in [0.1, 0.15) is 10.0 Å². The zero-order valence-electron chi connectivity index (χ0n) is 8.88. The van der Waals surface area contributed by atoms with Crippen molar-refractivity contribution in [2.24, 2.45) is 0 Å². The Bertz CT molecular complexity index is 639. The van der Waals surface area contributed by atoms with Gasteiger partial charge in [-0.3, -0.25) is 0 Å². The second-order valence-electron chi connectivity index (χ2n) is 3.31. The highest BCUT2D eigenvalue weighted by molar-refractivity contribution is 7.87. The van der Waals surface area contributed by atoms with Crippen LogP contribution >= 0.6 is 23.2 Å². The molecule has 0 fully saturated rings. The van der Waals surface area contributed by atoms with Crippen LogP contribution in [0, 0.1) is 0 Å². The van der Waals surface area contributed by atoms with Crippen molar-refractivity contribution in [3.63, 3.8) is 0 Å². The van der Waals surface area contributed by atoms with Crippen LogP contribution in [0.4, 0.5) is 0 Å². The molecule has 0 aliphatic rings. The molecule has 2 rings (SSSR count). The Morgan fingerprint density at radius 3 is 2.22 bits per heavy atom. The first-order valence-corrected chi connectivity index (χ1v) is 6.95. The van der Waals surface area contributed by atoms with Gasteiger partial charge in [-0.15, -0.1) is 0 Å². The van der Waals surface area contributed by atoms with Gasteiger partial charge in [0.15, 0.2) is 5.75 Å². The summed E-state index contributed by atoms with van der Waals surface area (Å²) in [7, 11) is -3.88. The topological polar surface area (TPSA) is 56.3 Å². The summed E-state index contributed by atoms with van der Waals surface area (Å²) < 4.78 is 28.6. The van der Waals surface area contributed by atoms with E-state index < -0.39 is 10.1 Å². The molecule has 1 aromatic carbocycles. The molecule has 0 amide bonds. The molecular weight excluding hydrogens is 297 g/mol. The molecule has 0 aliphatic heterocycles. The Hall–Kier alpha value is -1.30. The number of hydrogen-bond acceptors (Lipinski definition) is 4. The molecule has 0 aliphatic carbocycles. The summed E-state index contributed by atoms with van der Waals surface area (Å²) in [4.78, 5) is 3.74. The summed E-state index contributed by atoms with van der Waals surface area (Å²) in [5.74, 6) is 0.0920. The van der Waals surface area contributed by atoms with E-state index in [1.54, 1.807) is 0 Å². The van der Waals surface area contributed by atoms with Crippen LogP contribution in [0.5, 0.6) is 5.75 Å². The maximum absolute atomic E-state index is 11.9. The van der Waals surface area contributed by atoms with Gasteiger partial charge in [-0.05, 0) is 36.4 Å². The van der Waals surface area contributed by atoms with Crippen molar-refractivity contribution in [3.8, 4) is 5.75 Å². The molecule has 7 heteroatoms. The lowest BCUT2D eigenvalue weighted by Gasteiger charge is -2.06. The van der Waals surface area contributed by atoms with Crippen molar-refractivity contribution in [2.75, 3.05) is 0 Å². The minimum absolute atomic E-state index is 0.0156. The Balaban J connectivity index is 2.27. The van der Waals surface area contributed by atoms with Crippen molar-refractivity contribution in [1.29, 1.82) is 0 Å². The third-order valence-electron chi connectivity index (χ3n) is 2.01. The molecule has 0 bridgehead atoms. The summed E-state index contributed by atoms with van der Waals surface area (Å²) in [6, 6.07) is 8.52. The molecule has 94 valence electrons. The van der Waals surface area contributed by atoms with E-state index in [4.69, 9.17) is 27.4 Å². The molecule has 18 heavy (non-hydrogen) atoms. The van der Waals surface area contributed by atoms with E-state index >= 15 is 0 Å². The fourth-order valence-corrected chi connectivity index (χ4v) is 2.34. The molecule has 2 aromatic rings. The smallest absolute Gasteiger partial charge is 0.339 e. The summed E-state index contributed by atoms with van der Waals surface area (Å²) in [5.41, 5.74) is 0. The van der Waals surface area contributed by atoms with Crippen molar-refractivity contribution >= 4 is 33.3 Å². The minimum Gasteiger partial charge on any atom is -0.377 e. The summed E-state index contributed by atoms with van der Waals surface area (Å²) in [6.45, 7) is 0. The number of aromatic nitrogens is 1. The molecule has 1 heterocycles. The zero-order chi connectivity index (χ0) is 13.2. The predicted molar refractivity (Wildman–Crippen MR) is 68.5 cm³/mol. The third kappa shape index (κ3) is 3.13. The van der Waals surface area contributed by atoms with Gasteiger partial charge < -0.3 is 4.18 Å². The fourth-order valence-electron chi connectivity index (χ4n) is 1.19. The second-order valence-corrected chi connectivity index (χ2v) is 5.68. The lowest BCUT2D eigenvalue weighted by Crippen LogP contribution is -2.09. The van der Waals surface area contributed by atoms with Crippen LogP contribution in [-0.2, 0) is 10.1 Å². The first-order valence-electron chi connectivity index (χ1n) is 4.79. The summed E-state index contributed by atoms with van der Waals surface area (Å²) >= 11 is 11.3. The molecule has 0 unspecified atom stereocenters. The van der Waals surface area contributed by atoms with Gasteiger partial charge >= 0.3 is 10.1 Å². The monoisotopic (exact) mass is 303 g/mol. The molecule has 0 N–H and O–H groups in total. The van der Waals surface area contributed by atoms with E-state index in [1.807, 2.05) is 0 Å². The molecule has 1 aromatic heterocycles. The van der Waals surface area contributed by atoms with Crippen LogP contribution in [-0.4, -0.2) is 13.4 Å². The molecule has 0 radical (unpaired) electrons. The number of nitrogens with zero attached hydrogens (tertiary/aromatic N) is 1. The third-order valence-corrected chi connectivity index (χ3v) is 3.75. The lowest BCUT2D eigenvalue weighted by atomic mass is 10.4. The van der Waals surface area contributed by atoms with Gasteiger partial charge in [0.2, 0.25) is 0 Å². The molecule has 0 saturated carbocycles.